The molecule has 0 spiro atoms. The fraction of sp³-hybridized carbons (Fsp3) is 0.391. The molecule has 1 atom stereocenters. The van der Waals surface area contributed by atoms with E-state index in [1.54, 1.807) is 24.0 Å². The van der Waals surface area contributed by atoms with Crippen molar-refractivity contribution in [2.75, 3.05) is 5.75 Å². The second-order valence-electron chi connectivity index (χ2n) is 8.18. The molecule has 0 aromatic heterocycles. The van der Waals surface area contributed by atoms with E-state index in [-0.39, 0.29) is 23.1 Å². The highest BCUT2D eigenvalue weighted by molar-refractivity contribution is 7.99. The van der Waals surface area contributed by atoms with Crippen LogP contribution >= 0.6 is 35.0 Å². The third kappa shape index (κ3) is 8.21. The van der Waals surface area contributed by atoms with E-state index in [0.29, 0.717) is 22.3 Å². The number of thioether (sulfide) groups is 1. The van der Waals surface area contributed by atoms with Gasteiger partial charge in [-0.05, 0) is 63.1 Å². The monoisotopic (exact) mass is 466 g/mol. The normalized spacial score (nSPS) is 12.3. The molecule has 7 heteroatoms. The molecule has 0 aliphatic rings. The fourth-order valence-corrected chi connectivity index (χ4v) is 3.89. The molecule has 0 aliphatic heterocycles. The average molecular weight is 467 g/mol. The van der Waals surface area contributed by atoms with Gasteiger partial charge in [0.05, 0.1) is 5.75 Å². The molecular formula is C23H28Cl2N2O2S. The Morgan fingerprint density at radius 3 is 1.97 bits per heavy atom. The number of carbonyl (C=O) groups excluding carboxylic acids is 2. The summed E-state index contributed by atoms with van der Waals surface area (Å²) in [4.78, 5) is 27.4. The van der Waals surface area contributed by atoms with E-state index < -0.39 is 6.04 Å². The molecule has 162 valence electrons. The number of nitrogens with one attached hydrogen (secondary N) is 1. The molecule has 2 amide bonds. The highest BCUT2D eigenvalue weighted by atomic mass is 35.5. The summed E-state index contributed by atoms with van der Waals surface area (Å²) in [6.07, 6.45) is 0. The number of halogens is 2. The molecule has 0 heterocycles. The van der Waals surface area contributed by atoms with Gasteiger partial charge in [0.1, 0.15) is 6.04 Å². The summed E-state index contributed by atoms with van der Waals surface area (Å²) in [5.74, 6) is 0.719. The van der Waals surface area contributed by atoms with Crippen LogP contribution in [0.5, 0.6) is 0 Å². The molecule has 2 aromatic rings. The smallest absolute Gasteiger partial charge is 0.242 e. The molecule has 0 saturated heterocycles. The SMILES string of the molecule is CC(C(=O)NC(C)(C)C)N(Cc1ccc(Cl)cc1)C(=O)CSCc1ccc(Cl)cc1. The van der Waals surface area contributed by atoms with Crippen LogP contribution in [0.3, 0.4) is 0 Å². The van der Waals surface area contributed by atoms with Gasteiger partial charge in [-0.3, -0.25) is 9.59 Å². The van der Waals surface area contributed by atoms with Crippen LogP contribution in [0.25, 0.3) is 0 Å². The summed E-state index contributed by atoms with van der Waals surface area (Å²) < 4.78 is 0. The second-order valence-corrected chi connectivity index (χ2v) is 10.0. The number of hydrogen-bond donors (Lipinski definition) is 1. The van der Waals surface area contributed by atoms with Crippen molar-refractivity contribution in [1.29, 1.82) is 0 Å². The van der Waals surface area contributed by atoms with E-state index in [9.17, 15) is 9.59 Å². The Hall–Kier alpha value is -1.69. The summed E-state index contributed by atoms with van der Waals surface area (Å²) in [6.45, 7) is 7.87. The molecule has 0 saturated carbocycles. The average Bonchev–Trinajstić information content (AvgIpc) is 2.67. The lowest BCUT2D eigenvalue weighted by Gasteiger charge is -2.31. The van der Waals surface area contributed by atoms with Gasteiger partial charge < -0.3 is 10.2 Å². The third-order valence-corrected chi connectivity index (χ3v) is 5.83. The van der Waals surface area contributed by atoms with Crippen molar-refractivity contribution in [2.45, 2.75) is 51.6 Å². The summed E-state index contributed by atoms with van der Waals surface area (Å²) in [5, 5.41) is 4.28. The number of carbonyl (C=O) groups is 2. The lowest BCUT2D eigenvalue weighted by atomic mass is 10.1. The molecule has 2 aromatic carbocycles. The number of benzene rings is 2. The largest absolute Gasteiger partial charge is 0.350 e. The molecule has 30 heavy (non-hydrogen) atoms. The maximum absolute atomic E-state index is 13.0. The Balaban J connectivity index is 2.08. The summed E-state index contributed by atoms with van der Waals surface area (Å²) in [5.41, 5.74) is 1.65. The Kier molecular flexibility index (Phi) is 9.08. The minimum absolute atomic E-state index is 0.0829. The topological polar surface area (TPSA) is 49.4 Å². The Labute approximate surface area is 193 Å². The lowest BCUT2D eigenvalue weighted by molar-refractivity contribution is -0.139. The highest BCUT2D eigenvalue weighted by Crippen LogP contribution is 2.19. The van der Waals surface area contributed by atoms with Crippen LogP contribution in [-0.4, -0.2) is 34.0 Å². The second kappa shape index (κ2) is 11.1. The minimum Gasteiger partial charge on any atom is -0.350 e. The third-order valence-electron chi connectivity index (χ3n) is 4.34. The van der Waals surface area contributed by atoms with Crippen molar-refractivity contribution in [2.24, 2.45) is 0 Å². The summed E-state index contributed by atoms with van der Waals surface area (Å²) in [7, 11) is 0. The van der Waals surface area contributed by atoms with E-state index in [2.05, 4.69) is 5.32 Å². The minimum atomic E-state index is -0.594. The molecule has 0 aliphatic carbocycles. The zero-order valence-electron chi connectivity index (χ0n) is 17.7. The van der Waals surface area contributed by atoms with E-state index in [0.717, 1.165) is 11.1 Å². The predicted octanol–water partition coefficient (Wildman–Crippen LogP) is 5.56. The van der Waals surface area contributed by atoms with Gasteiger partial charge >= 0.3 is 0 Å². The highest BCUT2D eigenvalue weighted by Gasteiger charge is 2.28. The first kappa shape index (κ1) is 24.6. The van der Waals surface area contributed by atoms with Crippen molar-refractivity contribution < 1.29 is 9.59 Å². The molecule has 1 unspecified atom stereocenters. The van der Waals surface area contributed by atoms with Crippen molar-refractivity contribution in [3.63, 3.8) is 0 Å². The quantitative estimate of drug-likeness (QED) is 0.553. The molecule has 0 fully saturated rings. The molecular weight excluding hydrogens is 439 g/mol. The van der Waals surface area contributed by atoms with Crippen molar-refractivity contribution in [3.8, 4) is 0 Å². The van der Waals surface area contributed by atoms with Crippen molar-refractivity contribution >= 4 is 46.8 Å². The Morgan fingerprint density at radius 1 is 0.967 bits per heavy atom. The number of rotatable bonds is 8. The van der Waals surface area contributed by atoms with Crippen LogP contribution in [0.15, 0.2) is 48.5 Å². The van der Waals surface area contributed by atoms with Gasteiger partial charge in [-0.25, -0.2) is 0 Å². The summed E-state index contributed by atoms with van der Waals surface area (Å²) in [6, 6.07) is 14.3. The number of amides is 2. The zero-order chi connectivity index (χ0) is 22.3. The van der Waals surface area contributed by atoms with Gasteiger partial charge in [-0.1, -0.05) is 47.5 Å². The Bertz CT molecular complexity index is 849. The maximum atomic E-state index is 13.0. The van der Waals surface area contributed by atoms with Crippen LogP contribution < -0.4 is 5.32 Å². The van der Waals surface area contributed by atoms with Crippen LogP contribution in [0, 0.1) is 0 Å². The molecule has 0 radical (unpaired) electrons. The first-order valence-electron chi connectivity index (χ1n) is 9.73. The van der Waals surface area contributed by atoms with Gasteiger partial charge in [0.2, 0.25) is 11.8 Å². The van der Waals surface area contributed by atoms with E-state index >= 15 is 0 Å². The molecule has 4 nitrogen and oxygen atoms in total. The van der Waals surface area contributed by atoms with Gasteiger partial charge in [0.25, 0.3) is 0 Å². The van der Waals surface area contributed by atoms with Crippen LogP contribution in [0.1, 0.15) is 38.8 Å². The maximum Gasteiger partial charge on any atom is 0.242 e. The molecule has 0 bridgehead atoms. The predicted molar refractivity (Wildman–Crippen MR) is 127 cm³/mol. The number of hydrogen-bond acceptors (Lipinski definition) is 3. The van der Waals surface area contributed by atoms with E-state index in [4.69, 9.17) is 23.2 Å². The number of nitrogens with zero attached hydrogens (tertiary/aromatic N) is 1. The van der Waals surface area contributed by atoms with Gasteiger partial charge in [0, 0.05) is 27.9 Å². The standard InChI is InChI=1S/C23H28Cl2N2O2S/c1-16(22(29)26-23(2,3)4)27(13-17-5-9-19(24)10-6-17)21(28)15-30-14-18-7-11-20(25)12-8-18/h5-12,16H,13-15H2,1-4H3,(H,26,29). The van der Waals surface area contributed by atoms with Gasteiger partial charge in [-0.2, -0.15) is 0 Å². The lowest BCUT2D eigenvalue weighted by Crippen LogP contribution is -2.52. The Morgan fingerprint density at radius 2 is 1.47 bits per heavy atom. The van der Waals surface area contributed by atoms with Gasteiger partial charge in [0.15, 0.2) is 0 Å². The molecule has 1 N–H and O–H groups in total. The van der Waals surface area contributed by atoms with E-state index in [1.165, 1.54) is 11.8 Å². The van der Waals surface area contributed by atoms with Crippen LogP contribution in [0.2, 0.25) is 10.0 Å². The van der Waals surface area contributed by atoms with Gasteiger partial charge in [-0.15, -0.1) is 11.8 Å². The van der Waals surface area contributed by atoms with Crippen molar-refractivity contribution in [1.82, 2.24) is 10.2 Å². The molecule has 2 rings (SSSR count). The van der Waals surface area contributed by atoms with E-state index in [1.807, 2.05) is 57.2 Å². The van der Waals surface area contributed by atoms with Crippen LogP contribution in [0.4, 0.5) is 0 Å². The fourth-order valence-electron chi connectivity index (χ4n) is 2.76. The zero-order valence-corrected chi connectivity index (χ0v) is 20.1. The van der Waals surface area contributed by atoms with Crippen molar-refractivity contribution in [3.05, 3.63) is 69.7 Å². The summed E-state index contributed by atoms with van der Waals surface area (Å²) >= 11 is 13.4. The first-order chi connectivity index (χ1) is 14.0. The van der Waals surface area contributed by atoms with Crippen LogP contribution in [-0.2, 0) is 21.9 Å². The first-order valence-corrected chi connectivity index (χ1v) is 11.6.